The van der Waals surface area contributed by atoms with Gasteiger partial charge >= 0.3 is 0 Å². The Kier molecular flexibility index (Phi) is 5.52. The zero-order valence-electron chi connectivity index (χ0n) is 17.8. The number of carbonyl (C=O) groups is 2. The van der Waals surface area contributed by atoms with E-state index < -0.39 is 11.5 Å². The van der Waals surface area contributed by atoms with Crippen LogP contribution in [0.3, 0.4) is 0 Å². The monoisotopic (exact) mass is 440 g/mol. The smallest absolute Gasteiger partial charge is 0.254 e. The Balaban J connectivity index is 1.55. The number of aromatic nitrogens is 2. The Labute approximate surface area is 186 Å². The maximum absolute atomic E-state index is 13.7. The SMILES string of the molecule is CCc1nnc(NC(=O)C2c3ccccc3C(=O)N(CC3CCCO3)C23CCCC3)s1. The first-order valence-corrected chi connectivity index (χ1v) is 12.1. The van der Waals surface area contributed by atoms with E-state index in [9.17, 15) is 9.59 Å². The number of nitrogens with one attached hydrogen (secondary N) is 1. The molecule has 0 bridgehead atoms. The molecule has 2 unspecified atom stereocenters. The van der Waals surface area contributed by atoms with Gasteiger partial charge in [-0.05, 0) is 43.7 Å². The number of anilines is 1. The number of fused-ring (bicyclic) bond motifs is 1. The minimum atomic E-state index is -0.514. The Morgan fingerprint density at radius 1 is 1.26 bits per heavy atom. The van der Waals surface area contributed by atoms with Crippen molar-refractivity contribution in [2.45, 2.75) is 69.4 Å². The van der Waals surface area contributed by atoms with Gasteiger partial charge in [0.25, 0.3) is 5.91 Å². The van der Waals surface area contributed by atoms with E-state index in [0.717, 1.165) is 62.1 Å². The average molecular weight is 441 g/mol. The molecular formula is C23H28N4O3S. The van der Waals surface area contributed by atoms with Crippen molar-refractivity contribution in [3.63, 3.8) is 0 Å². The summed E-state index contributed by atoms with van der Waals surface area (Å²) in [5, 5.41) is 12.7. The molecule has 2 atom stereocenters. The van der Waals surface area contributed by atoms with E-state index >= 15 is 0 Å². The van der Waals surface area contributed by atoms with Crippen molar-refractivity contribution in [2.24, 2.45) is 0 Å². The van der Waals surface area contributed by atoms with Gasteiger partial charge in [-0.1, -0.05) is 49.3 Å². The third kappa shape index (κ3) is 3.55. The lowest BCUT2D eigenvalue weighted by molar-refractivity contribution is -0.121. The van der Waals surface area contributed by atoms with Crippen molar-refractivity contribution in [1.82, 2.24) is 15.1 Å². The van der Waals surface area contributed by atoms with E-state index in [-0.39, 0.29) is 17.9 Å². The van der Waals surface area contributed by atoms with E-state index in [1.165, 1.54) is 11.3 Å². The summed E-state index contributed by atoms with van der Waals surface area (Å²) < 4.78 is 5.89. The first kappa shape index (κ1) is 20.6. The second-order valence-corrected chi connectivity index (χ2v) is 9.79. The Bertz CT molecular complexity index is 979. The van der Waals surface area contributed by atoms with Crippen LogP contribution in [-0.4, -0.2) is 51.7 Å². The molecule has 2 amide bonds. The summed E-state index contributed by atoms with van der Waals surface area (Å²) in [4.78, 5) is 29.4. The van der Waals surface area contributed by atoms with Gasteiger partial charge in [-0.15, -0.1) is 10.2 Å². The highest BCUT2D eigenvalue weighted by Gasteiger charge is 2.56. The number of rotatable bonds is 5. The van der Waals surface area contributed by atoms with Gasteiger partial charge in [-0.25, -0.2) is 0 Å². The predicted octanol–water partition coefficient (Wildman–Crippen LogP) is 3.77. The minimum absolute atomic E-state index is 0.0289. The van der Waals surface area contributed by atoms with Crippen LogP contribution in [0.2, 0.25) is 0 Å². The average Bonchev–Trinajstić information content (AvgIpc) is 3.54. The number of hydrogen-bond donors (Lipinski definition) is 1. The number of benzene rings is 1. The van der Waals surface area contributed by atoms with Crippen molar-refractivity contribution in [3.05, 3.63) is 40.4 Å². The molecule has 1 spiro atoms. The molecule has 0 radical (unpaired) electrons. The molecule has 7 nitrogen and oxygen atoms in total. The third-order valence-electron chi connectivity index (χ3n) is 6.96. The van der Waals surface area contributed by atoms with Crippen LogP contribution in [0.25, 0.3) is 0 Å². The number of ether oxygens (including phenoxy) is 1. The summed E-state index contributed by atoms with van der Waals surface area (Å²) in [6, 6.07) is 7.59. The van der Waals surface area contributed by atoms with Crippen LogP contribution in [0.15, 0.2) is 24.3 Å². The zero-order valence-corrected chi connectivity index (χ0v) is 18.6. The van der Waals surface area contributed by atoms with E-state index in [2.05, 4.69) is 15.5 Å². The zero-order chi connectivity index (χ0) is 21.4. The van der Waals surface area contributed by atoms with Crippen molar-refractivity contribution < 1.29 is 14.3 Å². The molecule has 3 heterocycles. The highest BCUT2D eigenvalue weighted by molar-refractivity contribution is 7.15. The number of aryl methyl sites for hydroxylation is 1. The van der Waals surface area contributed by atoms with Gasteiger partial charge in [0.1, 0.15) is 5.01 Å². The fraction of sp³-hybridized carbons (Fsp3) is 0.565. The van der Waals surface area contributed by atoms with Gasteiger partial charge in [-0.3, -0.25) is 14.9 Å². The van der Waals surface area contributed by atoms with Crippen LogP contribution in [0.5, 0.6) is 0 Å². The second-order valence-electron chi connectivity index (χ2n) is 8.73. The summed E-state index contributed by atoms with van der Waals surface area (Å²) in [5.74, 6) is -0.501. The lowest BCUT2D eigenvalue weighted by Crippen LogP contribution is -2.61. The van der Waals surface area contributed by atoms with Crippen molar-refractivity contribution in [1.29, 1.82) is 0 Å². The number of nitrogens with zero attached hydrogens (tertiary/aromatic N) is 3. The quantitative estimate of drug-likeness (QED) is 0.765. The van der Waals surface area contributed by atoms with Gasteiger partial charge in [0, 0.05) is 18.7 Å². The number of hydrogen-bond acceptors (Lipinski definition) is 6. The van der Waals surface area contributed by atoms with E-state index in [1.807, 2.05) is 36.1 Å². The lowest BCUT2D eigenvalue weighted by Gasteiger charge is -2.50. The normalized spacial score (nSPS) is 24.5. The van der Waals surface area contributed by atoms with Crippen molar-refractivity contribution in [3.8, 4) is 0 Å². The topological polar surface area (TPSA) is 84.4 Å². The van der Waals surface area contributed by atoms with Crippen LogP contribution < -0.4 is 5.32 Å². The molecule has 2 aromatic rings. The molecule has 5 rings (SSSR count). The first-order valence-electron chi connectivity index (χ1n) is 11.3. The predicted molar refractivity (Wildman–Crippen MR) is 118 cm³/mol. The molecule has 164 valence electrons. The highest BCUT2D eigenvalue weighted by Crippen LogP contribution is 2.51. The number of carbonyl (C=O) groups excluding carboxylic acids is 2. The molecule has 1 saturated carbocycles. The fourth-order valence-corrected chi connectivity index (χ4v) is 6.23. The van der Waals surface area contributed by atoms with Gasteiger partial charge in [0.2, 0.25) is 11.0 Å². The summed E-state index contributed by atoms with van der Waals surface area (Å²) in [6.07, 6.45) is 6.50. The molecule has 3 aliphatic rings. The standard InChI is InChI=1S/C23H28N4O3S/c1-2-18-25-26-22(31-18)24-20(28)19-16-9-3-4-10-17(16)21(29)27(14-15-8-7-13-30-15)23(19)11-5-6-12-23/h3-4,9-10,15,19H,2,5-8,11-14H2,1H3,(H,24,26,28). The van der Waals surface area contributed by atoms with Gasteiger partial charge in [-0.2, -0.15) is 0 Å². The van der Waals surface area contributed by atoms with E-state index in [1.54, 1.807) is 0 Å². The molecule has 1 aliphatic carbocycles. The van der Waals surface area contributed by atoms with Crippen LogP contribution in [0.1, 0.15) is 72.3 Å². The van der Waals surface area contributed by atoms with E-state index in [0.29, 0.717) is 17.2 Å². The van der Waals surface area contributed by atoms with Crippen molar-refractivity contribution in [2.75, 3.05) is 18.5 Å². The Hall–Kier alpha value is -2.32. The molecular weight excluding hydrogens is 412 g/mol. The second kappa shape index (κ2) is 8.31. The van der Waals surface area contributed by atoms with Gasteiger partial charge < -0.3 is 9.64 Å². The first-order chi connectivity index (χ1) is 15.1. The summed E-state index contributed by atoms with van der Waals surface area (Å²) in [5.41, 5.74) is 0.945. The molecule has 1 aromatic carbocycles. The molecule has 2 aliphatic heterocycles. The van der Waals surface area contributed by atoms with Crippen LogP contribution in [-0.2, 0) is 16.0 Å². The Morgan fingerprint density at radius 3 is 2.77 bits per heavy atom. The van der Waals surface area contributed by atoms with Gasteiger partial charge in [0.15, 0.2) is 0 Å². The molecule has 8 heteroatoms. The summed E-state index contributed by atoms with van der Waals surface area (Å²) in [7, 11) is 0. The summed E-state index contributed by atoms with van der Waals surface area (Å²) in [6.45, 7) is 3.32. The Morgan fingerprint density at radius 2 is 2.06 bits per heavy atom. The van der Waals surface area contributed by atoms with Crippen LogP contribution >= 0.6 is 11.3 Å². The van der Waals surface area contributed by atoms with Gasteiger partial charge in [0.05, 0.1) is 17.6 Å². The van der Waals surface area contributed by atoms with Crippen LogP contribution in [0, 0.1) is 0 Å². The molecule has 1 saturated heterocycles. The third-order valence-corrected chi connectivity index (χ3v) is 7.95. The summed E-state index contributed by atoms with van der Waals surface area (Å²) >= 11 is 1.41. The van der Waals surface area contributed by atoms with E-state index in [4.69, 9.17) is 4.74 Å². The maximum Gasteiger partial charge on any atom is 0.254 e. The number of amides is 2. The largest absolute Gasteiger partial charge is 0.376 e. The molecule has 1 aromatic heterocycles. The fourth-order valence-electron chi connectivity index (χ4n) is 5.55. The molecule has 2 fully saturated rings. The van der Waals surface area contributed by atoms with Crippen LogP contribution in [0.4, 0.5) is 5.13 Å². The maximum atomic E-state index is 13.7. The minimum Gasteiger partial charge on any atom is -0.376 e. The highest BCUT2D eigenvalue weighted by atomic mass is 32.1. The molecule has 31 heavy (non-hydrogen) atoms. The lowest BCUT2D eigenvalue weighted by atomic mass is 9.71. The molecule has 1 N–H and O–H groups in total. The van der Waals surface area contributed by atoms with Crippen molar-refractivity contribution >= 4 is 28.3 Å².